The lowest BCUT2D eigenvalue weighted by Gasteiger charge is -2.27. The minimum atomic E-state index is -0.448. The van der Waals surface area contributed by atoms with Crippen LogP contribution in [0.1, 0.15) is 23.1 Å². The Labute approximate surface area is 160 Å². The summed E-state index contributed by atoms with van der Waals surface area (Å²) in [6, 6.07) is 16.6. The molecule has 0 radical (unpaired) electrons. The van der Waals surface area contributed by atoms with Crippen molar-refractivity contribution in [2.75, 3.05) is 19.6 Å². The molecule has 1 aliphatic heterocycles. The van der Waals surface area contributed by atoms with E-state index in [0.717, 1.165) is 24.9 Å². The number of amides is 1. The second-order valence-electron chi connectivity index (χ2n) is 7.62. The molecule has 4 nitrogen and oxygen atoms in total. The van der Waals surface area contributed by atoms with E-state index in [1.807, 2.05) is 18.2 Å². The van der Waals surface area contributed by atoms with Crippen LogP contribution in [0.3, 0.4) is 0 Å². The van der Waals surface area contributed by atoms with E-state index in [4.69, 9.17) is 0 Å². The summed E-state index contributed by atoms with van der Waals surface area (Å²) < 4.78 is 2.17. The molecular formula is C23H27N3O. The lowest BCUT2D eigenvalue weighted by molar-refractivity contribution is -0.126. The third kappa shape index (κ3) is 3.15. The molecule has 1 aliphatic rings. The fourth-order valence-electron chi connectivity index (χ4n) is 4.42. The molecule has 1 fully saturated rings. The van der Waals surface area contributed by atoms with Gasteiger partial charge in [-0.25, -0.2) is 0 Å². The number of nitrogens with one attached hydrogen (secondary N) is 2. The van der Waals surface area contributed by atoms with Crippen molar-refractivity contribution in [3.63, 3.8) is 0 Å². The molecule has 1 aromatic heterocycles. The Hall–Kier alpha value is -2.59. The zero-order valence-corrected chi connectivity index (χ0v) is 16.1. The van der Waals surface area contributed by atoms with Crippen LogP contribution in [0.2, 0.25) is 0 Å². The van der Waals surface area contributed by atoms with Crippen LogP contribution in [-0.4, -0.2) is 30.1 Å². The van der Waals surface area contributed by atoms with Crippen LogP contribution in [0.4, 0.5) is 0 Å². The van der Waals surface area contributed by atoms with Crippen molar-refractivity contribution in [1.29, 1.82) is 0 Å². The van der Waals surface area contributed by atoms with Gasteiger partial charge in [-0.05, 0) is 49.1 Å². The molecule has 2 N–H and O–H groups in total. The van der Waals surface area contributed by atoms with Crippen LogP contribution in [0, 0.1) is 6.92 Å². The van der Waals surface area contributed by atoms with E-state index < -0.39 is 5.41 Å². The van der Waals surface area contributed by atoms with Gasteiger partial charge in [-0.1, -0.05) is 42.5 Å². The van der Waals surface area contributed by atoms with Crippen LogP contribution in [-0.2, 0) is 23.7 Å². The summed E-state index contributed by atoms with van der Waals surface area (Å²) in [6.45, 7) is 4.39. The van der Waals surface area contributed by atoms with Gasteiger partial charge in [-0.15, -0.1) is 0 Å². The Bertz CT molecular complexity index is 952. The average molecular weight is 361 g/mol. The van der Waals surface area contributed by atoms with E-state index in [9.17, 15) is 4.79 Å². The Balaban J connectivity index is 1.50. The summed E-state index contributed by atoms with van der Waals surface area (Å²) in [6.07, 6.45) is 3.87. The molecule has 0 saturated carbocycles. The number of aromatic nitrogens is 1. The molecule has 1 unspecified atom stereocenters. The van der Waals surface area contributed by atoms with Gasteiger partial charge in [0.25, 0.3) is 0 Å². The second-order valence-corrected chi connectivity index (χ2v) is 7.62. The molecule has 2 heterocycles. The van der Waals surface area contributed by atoms with Crippen LogP contribution in [0.15, 0.2) is 54.7 Å². The Morgan fingerprint density at radius 1 is 1.19 bits per heavy atom. The van der Waals surface area contributed by atoms with Gasteiger partial charge >= 0.3 is 0 Å². The van der Waals surface area contributed by atoms with Crippen LogP contribution < -0.4 is 10.6 Å². The highest BCUT2D eigenvalue weighted by atomic mass is 16.2. The number of aryl methyl sites for hydroxylation is 2. The fraction of sp³-hybridized carbons (Fsp3) is 0.348. The van der Waals surface area contributed by atoms with Crippen molar-refractivity contribution in [1.82, 2.24) is 15.2 Å². The number of fused-ring (bicyclic) bond motifs is 1. The number of carbonyl (C=O) groups is 1. The van der Waals surface area contributed by atoms with E-state index in [-0.39, 0.29) is 5.91 Å². The van der Waals surface area contributed by atoms with Crippen LogP contribution in [0.25, 0.3) is 10.9 Å². The summed E-state index contributed by atoms with van der Waals surface area (Å²) in [7, 11) is 2.08. The van der Waals surface area contributed by atoms with Gasteiger partial charge in [-0.3, -0.25) is 4.79 Å². The lowest BCUT2D eigenvalue weighted by Crippen LogP contribution is -2.46. The van der Waals surface area contributed by atoms with Gasteiger partial charge < -0.3 is 15.2 Å². The maximum atomic E-state index is 13.1. The van der Waals surface area contributed by atoms with Gasteiger partial charge in [0.2, 0.25) is 5.91 Å². The minimum absolute atomic E-state index is 0.135. The predicted molar refractivity (Wildman–Crippen MR) is 110 cm³/mol. The Morgan fingerprint density at radius 2 is 2.00 bits per heavy atom. The summed E-state index contributed by atoms with van der Waals surface area (Å²) in [4.78, 5) is 13.1. The zero-order chi connectivity index (χ0) is 18.9. The smallest absolute Gasteiger partial charge is 0.232 e. The number of benzene rings is 2. The first kappa shape index (κ1) is 17.8. The van der Waals surface area contributed by atoms with E-state index in [1.54, 1.807) is 0 Å². The lowest BCUT2D eigenvalue weighted by atomic mass is 9.78. The third-order valence-electron chi connectivity index (χ3n) is 5.90. The number of rotatable bonds is 5. The zero-order valence-electron chi connectivity index (χ0n) is 16.1. The molecule has 140 valence electrons. The number of hydrogen-bond acceptors (Lipinski definition) is 2. The van der Waals surface area contributed by atoms with E-state index in [1.165, 1.54) is 22.0 Å². The fourth-order valence-corrected chi connectivity index (χ4v) is 4.42. The highest BCUT2D eigenvalue weighted by Crippen LogP contribution is 2.31. The standard InChI is InChI=1S/C23H27N3O/c1-17-7-6-10-20-21(17)18(15-26(20)2)11-13-25-22(27)23(12-14-24-16-23)19-8-4-3-5-9-19/h3-10,15,24H,11-14,16H2,1-2H3,(H,25,27). The molecule has 1 atom stereocenters. The van der Waals surface area contributed by atoms with Gasteiger partial charge in [-0.2, -0.15) is 0 Å². The first-order valence-corrected chi connectivity index (χ1v) is 9.70. The second kappa shape index (κ2) is 7.20. The summed E-state index contributed by atoms with van der Waals surface area (Å²) in [5, 5.41) is 7.90. The Morgan fingerprint density at radius 3 is 2.74 bits per heavy atom. The molecule has 0 spiro atoms. The highest BCUT2D eigenvalue weighted by Gasteiger charge is 2.42. The average Bonchev–Trinajstić information content (AvgIpc) is 3.30. The minimum Gasteiger partial charge on any atom is -0.355 e. The predicted octanol–water partition coefficient (Wildman–Crippen LogP) is 3.08. The van der Waals surface area contributed by atoms with Gasteiger partial charge in [0.15, 0.2) is 0 Å². The van der Waals surface area contributed by atoms with Crippen molar-refractivity contribution < 1.29 is 4.79 Å². The number of carbonyl (C=O) groups excluding carboxylic acids is 1. The highest BCUT2D eigenvalue weighted by molar-refractivity contribution is 5.89. The van der Waals surface area contributed by atoms with Crippen LogP contribution in [0.5, 0.6) is 0 Å². The Kier molecular flexibility index (Phi) is 4.75. The SMILES string of the molecule is Cc1cccc2c1c(CCNC(=O)C1(c3ccccc3)CCNC1)cn2C. The quantitative estimate of drug-likeness (QED) is 0.734. The number of hydrogen-bond donors (Lipinski definition) is 2. The molecule has 3 aromatic rings. The molecule has 1 amide bonds. The maximum absolute atomic E-state index is 13.1. The first-order valence-electron chi connectivity index (χ1n) is 9.70. The van der Waals surface area contributed by atoms with Crippen molar-refractivity contribution in [2.24, 2.45) is 7.05 Å². The normalized spacial score (nSPS) is 19.5. The topological polar surface area (TPSA) is 46.1 Å². The molecule has 0 bridgehead atoms. The van der Waals surface area contributed by atoms with Gasteiger partial charge in [0, 0.05) is 37.2 Å². The maximum Gasteiger partial charge on any atom is 0.232 e. The molecule has 4 heteroatoms. The van der Waals surface area contributed by atoms with Gasteiger partial charge in [0.05, 0.1) is 5.41 Å². The van der Waals surface area contributed by atoms with Gasteiger partial charge in [0.1, 0.15) is 0 Å². The third-order valence-corrected chi connectivity index (χ3v) is 5.90. The summed E-state index contributed by atoms with van der Waals surface area (Å²) in [5.41, 5.74) is 4.49. The first-order chi connectivity index (χ1) is 13.1. The van der Waals surface area contributed by atoms with Crippen LogP contribution >= 0.6 is 0 Å². The molecule has 0 aliphatic carbocycles. The molecule has 1 saturated heterocycles. The molecule has 4 rings (SSSR count). The van der Waals surface area contributed by atoms with Crippen molar-refractivity contribution in [2.45, 2.75) is 25.2 Å². The van der Waals surface area contributed by atoms with Crippen molar-refractivity contribution in [3.05, 3.63) is 71.4 Å². The molecule has 2 aromatic carbocycles. The molecule has 27 heavy (non-hydrogen) atoms. The number of nitrogens with zero attached hydrogens (tertiary/aromatic N) is 1. The monoisotopic (exact) mass is 361 g/mol. The summed E-state index contributed by atoms with van der Waals surface area (Å²) in [5.74, 6) is 0.135. The van der Waals surface area contributed by atoms with E-state index in [2.05, 4.69) is 65.7 Å². The van der Waals surface area contributed by atoms with Crippen molar-refractivity contribution in [3.8, 4) is 0 Å². The molecular weight excluding hydrogens is 334 g/mol. The van der Waals surface area contributed by atoms with E-state index in [0.29, 0.717) is 13.1 Å². The van der Waals surface area contributed by atoms with Crippen molar-refractivity contribution >= 4 is 16.8 Å². The largest absolute Gasteiger partial charge is 0.355 e. The summed E-state index contributed by atoms with van der Waals surface area (Å²) >= 11 is 0. The van der Waals surface area contributed by atoms with E-state index >= 15 is 0 Å².